The van der Waals surface area contributed by atoms with Crippen molar-refractivity contribution in [2.24, 2.45) is 0 Å². The molecule has 1 unspecified atom stereocenters. The summed E-state index contributed by atoms with van der Waals surface area (Å²) in [6, 6.07) is 7.32. The van der Waals surface area contributed by atoms with Crippen LogP contribution in [0.3, 0.4) is 0 Å². The second-order valence-corrected chi connectivity index (χ2v) is 4.02. The zero-order chi connectivity index (χ0) is 12.0. The number of nitrogens with one attached hydrogen (secondary N) is 1. The molecule has 1 aromatic rings. The van der Waals surface area contributed by atoms with E-state index in [1.807, 2.05) is 25.1 Å². The third-order valence-electron chi connectivity index (χ3n) is 2.64. The van der Waals surface area contributed by atoms with Gasteiger partial charge in [-0.25, -0.2) is 0 Å². The van der Waals surface area contributed by atoms with Crippen LogP contribution in [-0.4, -0.2) is 36.0 Å². The first-order valence-corrected chi connectivity index (χ1v) is 5.26. The summed E-state index contributed by atoms with van der Waals surface area (Å²) < 4.78 is 5.59. The molecular weight excluding hydrogens is 206 g/mol. The van der Waals surface area contributed by atoms with E-state index in [2.05, 4.69) is 5.32 Å². The van der Waals surface area contributed by atoms with Gasteiger partial charge in [0.15, 0.2) is 0 Å². The molecule has 1 rings (SSSR count). The lowest BCUT2D eigenvalue weighted by Crippen LogP contribution is -2.48. The maximum atomic E-state index is 9.20. The zero-order valence-corrected chi connectivity index (χ0v) is 9.73. The van der Waals surface area contributed by atoms with E-state index in [9.17, 15) is 5.11 Å². The van der Waals surface area contributed by atoms with Gasteiger partial charge in [-0.15, -0.1) is 0 Å². The minimum atomic E-state index is -0.470. The summed E-state index contributed by atoms with van der Waals surface area (Å²) in [7, 11) is 1.78. The largest absolute Gasteiger partial charge is 0.491 e. The molecule has 0 heterocycles. The van der Waals surface area contributed by atoms with Crippen LogP contribution in [0.15, 0.2) is 24.3 Å². The first kappa shape index (κ1) is 13.0. The van der Waals surface area contributed by atoms with Crippen LogP contribution >= 0.6 is 0 Å². The van der Waals surface area contributed by atoms with E-state index in [4.69, 9.17) is 9.84 Å². The quantitative estimate of drug-likeness (QED) is 0.661. The van der Waals surface area contributed by atoms with Gasteiger partial charge < -0.3 is 20.3 Å². The SMILES string of the molecule is CNC(C)(CO)COc1ccccc1CO. The predicted octanol–water partition coefficient (Wildman–Crippen LogP) is 0.528. The highest BCUT2D eigenvalue weighted by molar-refractivity contribution is 5.32. The van der Waals surface area contributed by atoms with Crippen molar-refractivity contribution < 1.29 is 14.9 Å². The van der Waals surface area contributed by atoms with Gasteiger partial charge in [-0.2, -0.15) is 0 Å². The Morgan fingerprint density at radius 3 is 2.56 bits per heavy atom. The van der Waals surface area contributed by atoms with Gasteiger partial charge in [0, 0.05) is 5.56 Å². The minimum absolute atomic E-state index is 0.00914. The van der Waals surface area contributed by atoms with E-state index in [0.29, 0.717) is 12.4 Å². The van der Waals surface area contributed by atoms with Crippen LogP contribution in [0.1, 0.15) is 12.5 Å². The number of hydrogen-bond donors (Lipinski definition) is 3. The highest BCUT2D eigenvalue weighted by Gasteiger charge is 2.22. The van der Waals surface area contributed by atoms with Gasteiger partial charge in [-0.3, -0.25) is 0 Å². The number of hydrogen-bond acceptors (Lipinski definition) is 4. The van der Waals surface area contributed by atoms with Crippen LogP contribution in [0, 0.1) is 0 Å². The lowest BCUT2D eigenvalue weighted by molar-refractivity contribution is 0.121. The highest BCUT2D eigenvalue weighted by Crippen LogP contribution is 2.19. The fraction of sp³-hybridized carbons (Fsp3) is 0.500. The molecule has 0 spiro atoms. The highest BCUT2D eigenvalue weighted by atomic mass is 16.5. The molecule has 0 saturated carbocycles. The molecule has 4 nitrogen and oxygen atoms in total. The molecule has 0 fully saturated rings. The Bertz CT molecular complexity index is 324. The summed E-state index contributed by atoms with van der Waals surface area (Å²) >= 11 is 0. The Hall–Kier alpha value is -1.10. The molecule has 0 aromatic heterocycles. The average Bonchev–Trinajstić information content (AvgIpc) is 2.36. The van der Waals surface area contributed by atoms with Gasteiger partial charge in [0.1, 0.15) is 12.4 Å². The average molecular weight is 225 g/mol. The predicted molar refractivity (Wildman–Crippen MR) is 62.4 cm³/mol. The number of aliphatic hydroxyl groups excluding tert-OH is 2. The fourth-order valence-corrected chi connectivity index (χ4v) is 1.21. The number of rotatable bonds is 6. The van der Waals surface area contributed by atoms with Crippen molar-refractivity contribution in [2.45, 2.75) is 19.1 Å². The van der Waals surface area contributed by atoms with E-state index >= 15 is 0 Å². The zero-order valence-electron chi connectivity index (χ0n) is 9.73. The van der Waals surface area contributed by atoms with Gasteiger partial charge in [0.05, 0.1) is 18.8 Å². The van der Waals surface area contributed by atoms with E-state index in [1.54, 1.807) is 13.1 Å². The first-order chi connectivity index (χ1) is 7.65. The molecule has 4 heteroatoms. The Labute approximate surface area is 95.9 Å². The monoisotopic (exact) mass is 225 g/mol. The third-order valence-corrected chi connectivity index (χ3v) is 2.64. The van der Waals surface area contributed by atoms with Crippen molar-refractivity contribution in [1.29, 1.82) is 0 Å². The van der Waals surface area contributed by atoms with Crippen LogP contribution in [0.2, 0.25) is 0 Å². The molecule has 0 saturated heterocycles. The molecule has 0 bridgehead atoms. The molecule has 0 radical (unpaired) electrons. The second-order valence-electron chi connectivity index (χ2n) is 4.02. The molecule has 1 aromatic carbocycles. The van der Waals surface area contributed by atoms with E-state index < -0.39 is 5.54 Å². The molecule has 0 aliphatic carbocycles. The van der Waals surface area contributed by atoms with Crippen LogP contribution in [0.25, 0.3) is 0 Å². The molecule has 3 N–H and O–H groups in total. The van der Waals surface area contributed by atoms with Crippen LogP contribution in [-0.2, 0) is 6.61 Å². The van der Waals surface area contributed by atoms with Crippen molar-refractivity contribution in [3.05, 3.63) is 29.8 Å². The summed E-state index contributed by atoms with van der Waals surface area (Å²) in [5.74, 6) is 0.653. The summed E-state index contributed by atoms with van der Waals surface area (Å²) in [6.07, 6.45) is 0. The number of para-hydroxylation sites is 1. The Kier molecular flexibility index (Phi) is 4.73. The third kappa shape index (κ3) is 3.20. The van der Waals surface area contributed by atoms with Gasteiger partial charge >= 0.3 is 0 Å². The lowest BCUT2D eigenvalue weighted by Gasteiger charge is -2.27. The Balaban J connectivity index is 2.67. The van der Waals surface area contributed by atoms with E-state index in [1.165, 1.54) is 0 Å². The van der Waals surface area contributed by atoms with E-state index in [0.717, 1.165) is 5.56 Å². The Morgan fingerprint density at radius 1 is 1.31 bits per heavy atom. The molecule has 0 amide bonds. The van der Waals surface area contributed by atoms with Crippen molar-refractivity contribution in [3.8, 4) is 5.75 Å². The smallest absolute Gasteiger partial charge is 0.124 e. The summed E-state index contributed by atoms with van der Waals surface area (Å²) in [5.41, 5.74) is 0.279. The maximum absolute atomic E-state index is 9.20. The van der Waals surface area contributed by atoms with Crippen molar-refractivity contribution in [1.82, 2.24) is 5.32 Å². The molecule has 0 aliphatic rings. The van der Waals surface area contributed by atoms with Crippen molar-refractivity contribution in [2.75, 3.05) is 20.3 Å². The topological polar surface area (TPSA) is 61.7 Å². The van der Waals surface area contributed by atoms with E-state index in [-0.39, 0.29) is 13.2 Å². The standard InChI is InChI=1S/C12H19NO3/c1-12(8-15,13-2)9-16-11-6-4-3-5-10(11)7-14/h3-6,13-15H,7-9H2,1-2H3. The molecule has 0 aliphatic heterocycles. The van der Waals surface area contributed by atoms with Crippen LogP contribution in [0.5, 0.6) is 5.75 Å². The van der Waals surface area contributed by atoms with Gasteiger partial charge in [0.2, 0.25) is 0 Å². The van der Waals surface area contributed by atoms with Crippen molar-refractivity contribution >= 4 is 0 Å². The molecule has 90 valence electrons. The summed E-state index contributed by atoms with van der Waals surface area (Å²) in [5, 5.41) is 21.3. The molecular formula is C12H19NO3. The normalized spacial score (nSPS) is 14.5. The van der Waals surface area contributed by atoms with Crippen LogP contribution in [0.4, 0.5) is 0 Å². The summed E-state index contributed by atoms with van der Waals surface area (Å²) in [6.45, 7) is 2.15. The number of likely N-dealkylation sites (N-methyl/N-ethyl adjacent to an activating group) is 1. The number of ether oxygens (including phenoxy) is 1. The number of aliphatic hydroxyl groups is 2. The van der Waals surface area contributed by atoms with Crippen molar-refractivity contribution in [3.63, 3.8) is 0 Å². The molecule has 16 heavy (non-hydrogen) atoms. The Morgan fingerprint density at radius 2 is 2.00 bits per heavy atom. The number of benzene rings is 1. The fourth-order valence-electron chi connectivity index (χ4n) is 1.21. The second kappa shape index (κ2) is 5.84. The van der Waals surface area contributed by atoms with Crippen LogP contribution < -0.4 is 10.1 Å². The first-order valence-electron chi connectivity index (χ1n) is 5.26. The summed E-state index contributed by atoms with van der Waals surface area (Å²) in [4.78, 5) is 0. The molecule has 1 atom stereocenters. The van der Waals surface area contributed by atoms with Gasteiger partial charge in [-0.1, -0.05) is 18.2 Å². The minimum Gasteiger partial charge on any atom is -0.491 e. The maximum Gasteiger partial charge on any atom is 0.124 e. The van der Waals surface area contributed by atoms with Gasteiger partial charge in [0.25, 0.3) is 0 Å². The lowest BCUT2D eigenvalue weighted by atomic mass is 10.1. The van der Waals surface area contributed by atoms with Gasteiger partial charge in [-0.05, 0) is 20.0 Å².